The van der Waals surface area contributed by atoms with Crippen molar-refractivity contribution < 1.29 is 23.9 Å². The summed E-state index contributed by atoms with van der Waals surface area (Å²) in [6, 6.07) is 6.52. The molecule has 2 amide bonds. The number of methoxy groups -OCH3 is 2. The van der Waals surface area contributed by atoms with E-state index in [-0.39, 0.29) is 24.0 Å². The Bertz CT molecular complexity index is 905. The number of carbonyl (C=O) groups excluding carboxylic acids is 3. The SMILES string of the molecule is COC(=O)C[C@H]1C(=O)NCCN1C(=O)CSc1nnc(Nc2ccc(OC)cc2)s1. The van der Waals surface area contributed by atoms with Gasteiger partial charge in [0.15, 0.2) is 4.34 Å². The Kier molecular flexibility index (Phi) is 7.46. The van der Waals surface area contributed by atoms with Gasteiger partial charge in [0.2, 0.25) is 16.9 Å². The average molecular weight is 452 g/mol. The molecule has 30 heavy (non-hydrogen) atoms. The largest absolute Gasteiger partial charge is 0.497 e. The topological polar surface area (TPSA) is 123 Å². The lowest BCUT2D eigenvalue weighted by Gasteiger charge is -2.34. The quantitative estimate of drug-likeness (QED) is 0.451. The number of aromatic nitrogens is 2. The first-order valence-electron chi connectivity index (χ1n) is 9.01. The highest BCUT2D eigenvalue weighted by Crippen LogP contribution is 2.28. The van der Waals surface area contributed by atoms with Crippen LogP contribution in [0.15, 0.2) is 28.6 Å². The highest BCUT2D eigenvalue weighted by molar-refractivity contribution is 8.01. The van der Waals surface area contributed by atoms with Crippen molar-refractivity contribution in [2.75, 3.05) is 38.4 Å². The Morgan fingerprint density at radius 2 is 2.07 bits per heavy atom. The van der Waals surface area contributed by atoms with Crippen LogP contribution in [-0.4, -0.2) is 72.0 Å². The number of nitrogens with zero attached hydrogens (tertiary/aromatic N) is 3. The van der Waals surface area contributed by atoms with Gasteiger partial charge in [-0.3, -0.25) is 14.4 Å². The second-order valence-corrected chi connectivity index (χ2v) is 8.39. The van der Waals surface area contributed by atoms with Gasteiger partial charge in [0.05, 0.1) is 26.4 Å². The van der Waals surface area contributed by atoms with Crippen molar-refractivity contribution >= 4 is 51.7 Å². The minimum absolute atomic E-state index is 0.0854. The number of ether oxygens (including phenoxy) is 2. The van der Waals surface area contributed by atoms with E-state index in [1.165, 1.54) is 35.1 Å². The second kappa shape index (κ2) is 10.3. The minimum Gasteiger partial charge on any atom is -0.497 e. The van der Waals surface area contributed by atoms with Crippen LogP contribution in [-0.2, 0) is 19.1 Å². The predicted octanol–water partition coefficient (Wildman–Crippen LogP) is 1.27. The van der Waals surface area contributed by atoms with E-state index < -0.39 is 12.0 Å². The molecule has 1 fully saturated rings. The van der Waals surface area contributed by atoms with E-state index in [2.05, 4.69) is 25.6 Å². The van der Waals surface area contributed by atoms with Crippen LogP contribution in [0, 0.1) is 0 Å². The third-order valence-corrected chi connectivity index (χ3v) is 6.26. The maximum absolute atomic E-state index is 12.7. The van der Waals surface area contributed by atoms with Gasteiger partial charge in [-0.1, -0.05) is 23.1 Å². The molecule has 1 aromatic carbocycles. The molecule has 12 heteroatoms. The molecule has 10 nitrogen and oxygen atoms in total. The molecular weight excluding hydrogens is 430 g/mol. The normalized spacial score (nSPS) is 16.0. The molecule has 2 aromatic rings. The van der Waals surface area contributed by atoms with Crippen molar-refractivity contribution in [3.8, 4) is 5.75 Å². The number of nitrogens with one attached hydrogen (secondary N) is 2. The first-order chi connectivity index (χ1) is 14.5. The van der Waals surface area contributed by atoms with E-state index in [4.69, 9.17) is 4.74 Å². The molecule has 1 aliphatic rings. The van der Waals surface area contributed by atoms with Crippen molar-refractivity contribution in [2.24, 2.45) is 0 Å². The molecule has 2 N–H and O–H groups in total. The fourth-order valence-electron chi connectivity index (χ4n) is 2.78. The van der Waals surface area contributed by atoms with Crippen molar-refractivity contribution in [3.05, 3.63) is 24.3 Å². The molecule has 3 rings (SSSR count). The average Bonchev–Trinajstić information content (AvgIpc) is 3.21. The van der Waals surface area contributed by atoms with Gasteiger partial charge in [0, 0.05) is 18.8 Å². The van der Waals surface area contributed by atoms with Gasteiger partial charge >= 0.3 is 5.97 Å². The van der Waals surface area contributed by atoms with Crippen molar-refractivity contribution in [2.45, 2.75) is 16.8 Å². The Morgan fingerprint density at radius 1 is 1.30 bits per heavy atom. The third kappa shape index (κ3) is 5.60. The summed E-state index contributed by atoms with van der Waals surface area (Å²) in [4.78, 5) is 37.8. The summed E-state index contributed by atoms with van der Waals surface area (Å²) < 4.78 is 10.4. The molecule has 0 aliphatic carbocycles. The summed E-state index contributed by atoms with van der Waals surface area (Å²) in [5.41, 5.74) is 0.838. The van der Waals surface area contributed by atoms with Crippen LogP contribution in [0.3, 0.4) is 0 Å². The molecule has 0 spiro atoms. The van der Waals surface area contributed by atoms with Crippen LogP contribution in [0.5, 0.6) is 5.75 Å². The molecule has 1 aromatic heterocycles. The van der Waals surface area contributed by atoms with Gasteiger partial charge < -0.3 is 25.0 Å². The molecule has 2 heterocycles. The lowest BCUT2D eigenvalue weighted by molar-refractivity contribution is -0.149. The van der Waals surface area contributed by atoms with E-state index in [9.17, 15) is 14.4 Å². The molecular formula is C18H21N5O5S2. The smallest absolute Gasteiger partial charge is 0.308 e. The third-order valence-electron chi connectivity index (χ3n) is 4.31. The zero-order valence-electron chi connectivity index (χ0n) is 16.4. The van der Waals surface area contributed by atoms with E-state index in [0.29, 0.717) is 22.6 Å². The summed E-state index contributed by atoms with van der Waals surface area (Å²) in [5, 5.41) is 14.6. The lowest BCUT2D eigenvalue weighted by Crippen LogP contribution is -2.58. The lowest BCUT2D eigenvalue weighted by atomic mass is 10.1. The number of amides is 2. The molecule has 1 saturated heterocycles. The number of piperazine rings is 1. The maximum Gasteiger partial charge on any atom is 0.308 e. The standard InChI is InChI=1S/C18H21N5O5S2/c1-27-12-5-3-11(4-6-12)20-17-21-22-18(30-17)29-10-14(24)23-8-7-19-16(26)13(23)9-15(25)28-2/h3-6,13H,7-10H2,1-2H3,(H,19,26)(H,20,21)/t13-/m0/s1. The molecule has 0 unspecified atom stereocenters. The monoisotopic (exact) mass is 451 g/mol. The van der Waals surface area contributed by atoms with Gasteiger partial charge in [-0.25, -0.2) is 0 Å². The zero-order valence-corrected chi connectivity index (χ0v) is 18.0. The van der Waals surface area contributed by atoms with Crippen LogP contribution < -0.4 is 15.4 Å². The predicted molar refractivity (Wildman–Crippen MR) is 112 cm³/mol. The van der Waals surface area contributed by atoms with Crippen molar-refractivity contribution in [1.82, 2.24) is 20.4 Å². The van der Waals surface area contributed by atoms with Gasteiger partial charge in [0.25, 0.3) is 0 Å². The molecule has 0 bridgehead atoms. The number of anilines is 2. The fourth-order valence-corrected chi connectivity index (χ4v) is 4.44. The number of hydrogen-bond donors (Lipinski definition) is 2. The molecule has 0 radical (unpaired) electrons. The molecule has 1 aliphatic heterocycles. The summed E-state index contributed by atoms with van der Waals surface area (Å²) in [6.07, 6.45) is -0.173. The van der Waals surface area contributed by atoms with Gasteiger partial charge in [0.1, 0.15) is 11.8 Å². The number of benzene rings is 1. The summed E-state index contributed by atoms with van der Waals surface area (Å²) >= 11 is 2.55. The van der Waals surface area contributed by atoms with Crippen LogP contribution in [0.2, 0.25) is 0 Å². The number of rotatable bonds is 8. The van der Waals surface area contributed by atoms with Crippen LogP contribution >= 0.6 is 23.1 Å². The van der Waals surface area contributed by atoms with E-state index in [1.54, 1.807) is 7.11 Å². The highest BCUT2D eigenvalue weighted by atomic mass is 32.2. The number of thioether (sulfide) groups is 1. The Hall–Kier alpha value is -2.86. The first-order valence-corrected chi connectivity index (χ1v) is 10.8. The van der Waals surface area contributed by atoms with Crippen molar-refractivity contribution in [1.29, 1.82) is 0 Å². The Balaban J connectivity index is 1.56. The minimum atomic E-state index is -0.860. The summed E-state index contributed by atoms with van der Waals surface area (Å²) in [5.74, 6) is -0.303. The number of carbonyl (C=O) groups is 3. The Morgan fingerprint density at radius 3 is 2.77 bits per heavy atom. The second-order valence-electron chi connectivity index (χ2n) is 6.19. The summed E-state index contributed by atoms with van der Waals surface area (Å²) in [7, 11) is 2.85. The molecule has 1 atom stereocenters. The van der Waals surface area contributed by atoms with E-state index in [1.807, 2.05) is 24.3 Å². The maximum atomic E-state index is 12.7. The van der Waals surface area contributed by atoms with Gasteiger partial charge in [-0.05, 0) is 24.3 Å². The van der Waals surface area contributed by atoms with Crippen LogP contribution in [0.25, 0.3) is 0 Å². The van der Waals surface area contributed by atoms with Crippen LogP contribution in [0.4, 0.5) is 10.8 Å². The Labute approximate surface area is 181 Å². The highest BCUT2D eigenvalue weighted by Gasteiger charge is 2.34. The fraction of sp³-hybridized carbons (Fsp3) is 0.389. The first kappa shape index (κ1) is 21.8. The van der Waals surface area contributed by atoms with Crippen LogP contribution in [0.1, 0.15) is 6.42 Å². The van der Waals surface area contributed by atoms with E-state index in [0.717, 1.165) is 11.4 Å². The van der Waals surface area contributed by atoms with E-state index >= 15 is 0 Å². The molecule has 160 valence electrons. The van der Waals surface area contributed by atoms with Gasteiger partial charge in [-0.2, -0.15) is 0 Å². The zero-order chi connectivity index (χ0) is 21.5. The van der Waals surface area contributed by atoms with Gasteiger partial charge in [-0.15, -0.1) is 10.2 Å². The summed E-state index contributed by atoms with van der Waals surface area (Å²) in [6.45, 7) is 0.689. The molecule has 0 saturated carbocycles. The number of hydrogen-bond acceptors (Lipinski definition) is 10. The van der Waals surface area contributed by atoms with Crippen molar-refractivity contribution in [3.63, 3.8) is 0 Å². The number of esters is 1.